The molecular formula is C21H24N6S. The summed E-state index contributed by atoms with van der Waals surface area (Å²) in [5.41, 5.74) is 11.7. The molecule has 1 fully saturated rings. The van der Waals surface area contributed by atoms with Gasteiger partial charge in [-0.2, -0.15) is 10.4 Å². The third-order valence-corrected chi connectivity index (χ3v) is 4.80. The van der Waals surface area contributed by atoms with Crippen molar-refractivity contribution in [1.29, 1.82) is 5.26 Å². The number of hydrazone groups is 1. The molecular weight excluding hydrogens is 368 g/mol. The van der Waals surface area contributed by atoms with Crippen LogP contribution in [0.4, 0.5) is 5.69 Å². The second-order valence-electron chi connectivity index (χ2n) is 6.72. The fraction of sp³-hybridized carbons (Fsp3) is 0.286. The molecule has 2 aromatic carbocycles. The molecule has 0 unspecified atom stereocenters. The number of nitrogens with two attached hydrogens (primary N) is 1. The number of rotatable bonds is 5. The standard InChI is InChI=1S/C21H24N6S/c22-14-19-13-18(15-24-25-21(23)28)7-8-20(19)27-10-4-9-26(11-12-27)16-17-5-2-1-3-6-17/h1-3,5-8,13,15H,4,9-12,16H2,(H3,23,25,28). The van der Waals surface area contributed by atoms with Crippen LogP contribution in [0.2, 0.25) is 0 Å². The van der Waals surface area contributed by atoms with Crippen LogP contribution in [0.25, 0.3) is 0 Å². The highest BCUT2D eigenvalue weighted by molar-refractivity contribution is 7.80. The molecule has 0 bridgehead atoms. The summed E-state index contributed by atoms with van der Waals surface area (Å²) in [6, 6.07) is 18.7. The molecule has 0 amide bonds. The Morgan fingerprint density at radius 2 is 2.00 bits per heavy atom. The second-order valence-corrected chi connectivity index (χ2v) is 7.16. The Kier molecular flexibility index (Phi) is 6.95. The summed E-state index contributed by atoms with van der Waals surface area (Å²) in [5.74, 6) is 0. The van der Waals surface area contributed by atoms with E-state index < -0.39 is 0 Å². The van der Waals surface area contributed by atoms with Crippen molar-refractivity contribution in [1.82, 2.24) is 10.3 Å². The zero-order valence-electron chi connectivity index (χ0n) is 15.7. The lowest BCUT2D eigenvalue weighted by Crippen LogP contribution is -2.30. The van der Waals surface area contributed by atoms with E-state index in [0.29, 0.717) is 5.56 Å². The zero-order valence-corrected chi connectivity index (χ0v) is 16.5. The van der Waals surface area contributed by atoms with Gasteiger partial charge in [0.05, 0.1) is 17.5 Å². The van der Waals surface area contributed by atoms with Gasteiger partial charge in [-0.15, -0.1) is 0 Å². The predicted octanol–water partition coefficient (Wildman–Crippen LogP) is 2.44. The van der Waals surface area contributed by atoms with Crippen LogP contribution in [0.3, 0.4) is 0 Å². The van der Waals surface area contributed by atoms with Gasteiger partial charge < -0.3 is 10.6 Å². The highest BCUT2D eigenvalue weighted by atomic mass is 32.1. The van der Waals surface area contributed by atoms with E-state index in [1.54, 1.807) is 6.21 Å². The summed E-state index contributed by atoms with van der Waals surface area (Å²) in [7, 11) is 0. The summed E-state index contributed by atoms with van der Waals surface area (Å²) in [4.78, 5) is 4.78. The molecule has 0 spiro atoms. The molecule has 0 aromatic heterocycles. The topological polar surface area (TPSA) is 80.7 Å². The van der Waals surface area contributed by atoms with Gasteiger partial charge in [-0.3, -0.25) is 10.3 Å². The van der Waals surface area contributed by atoms with Crippen molar-refractivity contribution in [3.05, 3.63) is 65.2 Å². The van der Waals surface area contributed by atoms with E-state index in [4.69, 9.17) is 18.0 Å². The van der Waals surface area contributed by atoms with Crippen LogP contribution < -0.4 is 16.1 Å². The van der Waals surface area contributed by atoms with E-state index in [1.165, 1.54) is 5.56 Å². The summed E-state index contributed by atoms with van der Waals surface area (Å²) in [6.45, 7) is 4.84. The van der Waals surface area contributed by atoms with Crippen LogP contribution in [0, 0.1) is 11.3 Å². The van der Waals surface area contributed by atoms with Crippen molar-refractivity contribution in [2.45, 2.75) is 13.0 Å². The maximum Gasteiger partial charge on any atom is 0.184 e. The van der Waals surface area contributed by atoms with Crippen molar-refractivity contribution in [2.24, 2.45) is 10.8 Å². The van der Waals surface area contributed by atoms with E-state index >= 15 is 0 Å². The number of hydrogen-bond acceptors (Lipinski definition) is 5. The molecule has 144 valence electrons. The fourth-order valence-corrected chi connectivity index (χ4v) is 3.43. The van der Waals surface area contributed by atoms with Gasteiger partial charge in [-0.05, 0) is 41.9 Å². The first-order valence-corrected chi connectivity index (χ1v) is 9.70. The van der Waals surface area contributed by atoms with Gasteiger partial charge in [0.1, 0.15) is 6.07 Å². The summed E-state index contributed by atoms with van der Waals surface area (Å²) >= 11 is 4.72. The van der Waals surface area contributed by atoms with Crippen molar-refractivity contribution in [3.8, 4) is 6.07 Å². The van der Waals surface area contributed by atoms with Crippen LogP contribution in [0.1, 0.15) is 23.1 Å². The number of nitrogens with one attached hydrogen (secondary N) is 1. The molecule has 7 heteroatoms. The molecule has 3 rings (SSSR count). The van der Waals surface area contributed by atoms with E-state index in [-0.39, 0.29) is 5.11 Å². The normalized spacial score (nSPS) is 15.2. The lowest BCUT2D eigenvalue weighted by molar-refractivity contribution is 0.285. The van der Waals surface area contributed by atoms with Gasteiger partial charge in [0, 0.05) is 32.7 Å². The smallest absolute Gasteiger partial charge is 0.184 e. The van der Waals surface area contributed by atoms with Crippen LogP contribution in [-0.2, 0) is 6.54 Å². The Hall–Kier alpha value is -2.95. The molecule has 0 saturated carbocycles. The maximum atomic E-state index is 9.62. The van der Waals surface area contributed by atoms with Crippen molar-refractivity contribution >= 4 is 29.2 Å². The van der Waals surface area contributed by atoms with Gasteiger partial charge in [0.2, 0.25) is 0 Å². The Morgan fingerprint density at radius 3 is 2.75 bits per heavy atom. The fourth-order valence-electron chi connectivity index (χ4n) is 3.38. The lowest BCUT2D eigenvalue weighted by Gasteiger charge is -2.24. The van der Waals surface area contributed by atoms with Crippen molar-refractivity contribution in [2.75, 3.05) is 31.1 Å². The SMILES string of the molecule is N#Cc1cc(C=NNC(N)=S)ccc1N1CCCN(Cc2ccccc2)CC1. The first-order chi connectivity index (χ1) is 13.7. The van der Waals surface area contributed by atoms with Gasteiger partial charge in [0.25, 0.3) is 0 Å². The van der Waals surface area contributed by atoms with E-state index in [1.807, 2.05) is 24.3 Å². The van der Waals surface area contributed by atoms with Gasteiger partial charge in [0.15, 0.2) is 5.11 Å². The molecule has 0 aliphatic carbocycles. The van der Waals surface area contributed by atoms with Gasteiger partial charge in [-0.25, -0.2) is 0 Å². The van der Waals surface area contributed by atoms with E-state index in [2.05, 4.69) is 50.7 Å². The quantitative estimate of drug-likeness (QED) is 0.462. The maximum absolute atomic E-state index is 9.62. The third-order valence-electron chi connectivity index (χ3n) is 4.71. The zero-order chi connectivity index (χ0) is 19.8. The molecule has 6 nitrogen and oxygen atoms in total. The Morgan fingerprint density at radius 1 is 1.18 bits per heavy atom. The minimum Gasteiger partial charge on any atom is -0.375 e. The highest BCUT2D eigenvalue weighted by Gasteiger charge is 2.17. The van der Waals surface area contributed by atoms with Gasteiger partial charge in [-0.1, -0.05) is 36.4 Å². The molecule has 3 N–H and O–H groups in total. The molecule has 1 aliphatic rings. The Labute approximate surface area is 171 Å². The molecule has 28 heavy (non-hydrogen) atoms. The van der Waals surface area contributed by atoms with E-state index in [9.17, 15) is 5.26 Å². The first kappa shape index (κ1) is 19.8. The van der Waals surface area contributed by atoms with Crippen molar-refractivity contribution in [3.63, 3.8) is 0 Å². The van der Waals surface area contributed by atoms with Gasteiger partial charge >= 0.3 is 0 Å². The predicted molar refractivity (Wildman–Crippen MR) is 117 cm³/mol. The number of hydrogen-bond donors (Lipinski definition) is 2. The molecule has 2 aromatic rings. The monoisotopic (exact) mass is 392 g/mol. The van der Waals surface area contributed by atoms with Crippen LogP contribution in [0.5, 0.6) is 0 Å². The Balaban J connectivity index is 1.67. The number of nitrogens with zero attached hydrogens (tertiary/aromatic N) is 4. The number of nitriles is 1. The summed E-state index contributed by atoms with van der Waals surface area (Å²) in [6.07, 6.45) is 2.67. The lowest BCUT2D eigenvalue weighted by atomic mass is 10.1. The molecule has 1 heterocycles. The molecule has 1 saturated heterocycles. The highest BCUT2D eigenvalue weighted by Crippen LogP contribution is 2.23. The average molecular weight is 393 g/mol. The largest absolute Gasteiger partial charge is 0.375 e. The Bertz CT molecular complexity index is 874. The van der Waals surface area contributed by atoms with Crippen LogP contribution in [-0.4, -0.2) is 42.4 Å². The number of anilines is 1. The average Bonchev–Trinajstić information content (AvgIpc) is 2.94. The van der Waals surface area contributed by atoms with Crippen molar-refractivity contribution < 1.29 is 0 Å². The molecule has 0 radical (unpaired) electrons. The second kappa shape index (κ2) is 9.83. The van der Waals surface area contributed by atoms with E-state index in [0.717, 1.165) is 50.4 Å². The van der Waals surface area contributed by atoms with Crippen LogP contribution in [0.15, 0.2) is 53.6 Å². The first-order valence-electron chi connectivity index (χ1n) is 9.29. The summed E-state index contributed by atoms with van der Waals surface area (Å²) < 4.78 is 0. The number of benzene rings is 2. The third kappa shape index (κ3) is 5.52. The number of thiocarbonyl (C=S) groups is 1. The summed E-state index contributed by atoms with van der Waals surface area (Å²) in [5, 5.41) is 13.7. The molecule has 1 aliphatic heterocycles. The minimum absolute atomic E-state index is 0.109. The van der Waals surface area contributed by atoms with Crippen LogP contribution >= 0.6 is 12.2 Å². The molecule has 0 atom stereocenters. The minimum atomic E-state index is 0.109.